The van der Waals surface area contributed by atoms with Gasteiger partial charge in [0.05, 0.1) is 19.3 Å². The van der Waals surface area contributed by atoms with E-state index in [0.29, 0.717) is 31.3 Å². The molecule has 3 aliphatic rings. The van der Waals surface area contributed by atoms with Crippen LogP contribution in [0, 0.1) is 17.2 Å². The highest BCUT2D eigenvalue weighted by Gasteiger charge is 2.35. The highest BCUT2D eigenvalue weighted by molar-refractivity contribution is 6.03. The lowest BCUT2D eigenvalue weighted by atomic mass is 9.83. The molecule has 3 N–H and O–H groups in total. The zero-order chi connectivity index (χ0) is 27.8. The first-order valence-corrected chi connectivity index (χ1v) is 14.4. The Balaban J connectivity index is 1.51. The molecular weight excluding hydrogens is 508 g/mol. The predicted octanol–water partition coefficient (Wildman–Crippen LogP) is 4.42. The lowest BCUT2D eigenvalue weighted by Crippen LogP contribution is -2.47. The summed E-state index contributed by atoms with van der Waals surface area (Å²) in [5, 5.41) is 19.7. The summed E-state index contributed by atoms with van der Waals surface area (Å²) >= 11 is 0. The number of amidine groups is 1. The van der Waals surface area contributed by atoms with Crippen molar-refractivity contribution in [3.63, 3.8) is 0 Å². The molecule has 1 saturated carbocycles. The number of hydrogen-bond acceptors (Lipinski definition) is 8. The Labute approximate surface area is 234 Å². The fourth-order valence-corrected chi connectivity index (χ4v) is 6.27. The SMILES string of the molecule is C[C@H]1CCN1c1nc(C(=N)NC(=O)O)nc2nc(N3CCOC[C@H]3c3ccccc3)n(C[C@H]3CC[C@H](C)CC3)c12. The number of carboxylic acid groups (broad SMARTS) is 1. The lowest BCUT2D eigenvalue weighted by Gasteiger charge is -2.40. The number of nitrogens with one attached hydrogen (secondary N) is 2. The molecular formula is C29H38N8O3. The molecule has 2 aromatic heterocycles. The van der Waals surface area contributed by atoms with Gasteiger partial charge < -0.3 is 24.2 Å². The van der Waals surface area contributed by atoms with Crippen LogP contribution in [0.1, 0.15) is 63.4 Å². The molecule has 2 atom stereocenters. The highest BCUT2D eigenvalue weighted by atomic mass is 16.5. The third kappa shape index (κ3) is 5.10. The Hall–Kier alpha value is -3.73. The molecule has 212 valence electrons. The van der Waals surface area contributed by atoms with Crippen LogP contribution >= 0.6 is 0 Å². The van der Waals surface area contributed by atoms with Crippen LogP contribution in [0.5, 0.6) is 0 Å². The molecule has 0 spiro atoms. The van der Waals surface area contributed by atoms with Gasteiger partial charge in [0.1, 0.15) is 5.52 Å². The van der Waals surface area contributed by atoms with Crippen molar-refractivity contribution in [2.24, 2.45) is 11.8 Å². The van der Waals surface area contributed by atoms with Gasteiger partial charge in [-0.3, -0.25) is 10.7 Å². The average Bonchev–Trinajstić information content (AvgIpc) is 3.31. The summed E-state index contributed by atoms with van der Waals surface area (Å²) in [6, 6.07) is 10.7. The van der Waals surface area contributed by atoms with E-state index in [1.807, 2.05) is 6.07 Å². The van der Waals surface area contributed by atoms with Crippen LogP contribution in [0.15, 0.2) is 30.3 Å². The average molecular weight is 547 g/mol. The summed E-state index contributed by atoms with van der Waals surface area (Å²) in [4.78, 5) is 30.4. The topological polar surface area (TPSA) is 132 Å². The van der Waals surface area contributed by atoms with Crippen molar-refractivity contribution in [3.05, 3.63) is 41.7 Å². The van der Waals surface area contributed by atoms with Gasteiger partial charge in [0.25, 0.3) is 0 Å². The van der Waals surface area contributed by atoms with E-state index in [4.69, 9.17) is 20.1 Å². The first kappa shape index (κ1) is 26.5. The highest BCUT2D eigenvalue weighted by Crippen LogP contribution is 2.39. The van der Waals surface area contributed by atoms with Crippen LogP contribution < -0.4 is 15.1 Å². The number of benzene rings is 1. The molecule has 1 aliphatic carbocycles. The van der Waals surface area contributed by atoms with E-state index in [0.717, 1.165) is 42.7 Å². The number of aromatic nitrogens is 4. The fourth-order valence-electron chi connectivity index (χ4n) is 6.27. The molecule has 0 unspecified atom stereocenters. The van der Waals surface area contributed by atoms with E-state index >= 15 is 0 Å². The van der Waals surface area contributed by atoms with Gasteiger partial charge in [0, 0.05) is 25.7 Å². The summed E-state index contributed by atoms with van der Waals surface area (Å²) in [5.41, 5.74) is 2.53. The number of amides is 1. The Bertz CT molecular complexity index is 1380. The summed E-state index contributed by atoms with van der Waals surface area (Å²) in [6.07, 6.45) is 4.54. The molecule has 40 heavy (non-hydrogen) atoms. The molecule has 11 nitrogen and oxygen atoms in total. The van der Waals surface area contributed by atoms with Gasteiger partial charge in [-0.2, -0.15) is 4.98 Å². The second-order valence-corrected chi connectivity index (χ2v) is 11.5. The minimum Gasteiger partial charge on any atom is -0.465 e. The summed E-state index contributed by atoms with van der Waals surface area (Å²) in [5.74, 6) is 2.53. The van der Waals surface area contributed by atoms with Gasteiger partial charge in [0.2, 0.25) is 5.95 Å². The molecule has 0 bridgehead atoms. The van der Waals surface area contributed by atoms with Gasteiger partial charge in [-0.25, -0.2) is 14.8 Å². The van der Waals surface area contributed by atoms with E-state index in [1.165, 1.54) is 31.2 Å². The van der Waals surface area contributed by atoms with Crippen LogP contribution in [0.3, 0.4) is 0 Å². The van der Waals surface area contributed by atoms with Crippen LogP contribution in [0.25, 0.3) is 11.2 Å². The minimum atomic E-state index is -1.32. The Morgan fingerprint density at radius 1 is 1.05 bits per heavy atom. The maximum Gasteiger partial charge on any atom is 0.410 e. The number of imidazole rings is 1. The quantitative estimate of drug-likeness (QED) is 0.306. The number of rotatable bonds is 6. The molecule has 0 radical (unpaired) electrons. The van der Waals surface area contributed by atoms with Crippen LogP contribution in [-0.4, -0.2) is 68.9 Å². The Morgan fingerprint density at radius 2 is 1.82 bits per heavy atom. The number of anilines is 2. The van der Waals surface area contributed by atoms with E-state index in [1.54, 1.807) is 0 Å². The maximum absolute atomic E-state index is 11.3. The molecule has 2 saturated heterocycles. The number of carbonyl (C=O) groups is 1. The standard InChI is InChI=1S/C29H38N8O3/c1-18-8-10-20(11-9-18)16-37-23-25(32-26(24(30)31-29(38)39)33-27(23)35-13-12-19(35)2)34-28(37)36-14-15-40-17-22(36)21-6-4-3-5-7-21/h3-7,18-20,22H,8-17H2,1-2H3,(H2,30,31)(H,38,39)/t18-,19-,20-,22-/m0/s1. The largest absolute Gasteiger partial charge is 0.465 e. The summed E-state index contributed by atoms with van der Waals surface area (Å²) < 4.78 is 8.26. The van der Waals surface area contributed by atoms with Crippen LogP contribution in [-0.2, 0) is 11.3 Å². The second-order valence-electron chi connectivity index (χ2n) is 11.5. The number of fused-ring (bicyclic) bond motifs is 1. The van der Waals surface area contributed by atoms with E-state index in [2.05, 4.69) is 62.8 Å². The van der Waals surface area contributed by atoms with Gasteiger partial charge in [-0.1, -0.05) is 50.1 Å². The van der Waals surface area contributed by atoms with Gasteiger partial charge in [-0.15, -0.1) is 0 Å². The van der Waals surface area contributed by atoms with Crippen molar-refractivity contribution in [1.82, 2.24) is 24.8 Å². The normalized spacial score (nSPS) is 25.1. The van der Waals surface area contributed by atoms with Gasteiger partial charge in [0.15, 0.2) is 23.1 Å². The molecule has 4 heterocycles. The smallest absolute Gasteiger partial charge is 0.410 e. The first-order chi connectivity index (χ1) is 19.4. The second kappa shape index (κ2) is 11.0. The van der Waals surface area contributed by atoms with E-state index in [-0.39, 0.29) is 23.7 Å². The van der Waals surface area contributed by atoms with Crippen molar-refractivity contribution in [2.45, 2.75) is 64.6 Å². The third-order valence-electron chi connectivity index (χ3n) is 8.76. The Morgan fingerprint density at radius 3 is 2.50 bits per heavy atom. The lowest BCUT2D eigenvalue weighted by molar-refractivity contribution is 0.0927. The van der Waals surface area contributed by atoms with Crippen LogP contribution in [0.4, 0.5) is 16.6 Å². The van der Waals surface area contributed by atoms with Crippen LogP contribution in [0.2, 0.25) is 0 Å². The van der Waals surface area contributed by atoms with Crippen molar-refractivity contribution in [3.8, 4) is 0 Å². The first-order valence-electron chi connectivity index (χ1n) is 14.4. The minimum absolute atomic E-state index is 0.00248. The Kier molecular flexibility index (Phi) is 7.31. The summed E-state index contributed by atoms with van der Waals surface area (Å²) in [7, 11) is 0. The molecule has 1 aromatic carbocycles. The van der Waals surface area contributed by atoms with Crippen molar-refractivity contribution < 1.29 is 14.6 Å². The number of nitrogens with zero attached hydrogens (tertiary/aromatic N) is 6. The number of morpholine rings is 1. The molecule has 2 aliphatic heterocycles. The zero-order valence-corrected chi connectivity index (χ0v) is 23.2. The summed E-state index contributed by atoms with van der Waals surface area (Å²) in [6.45, 7) is 8.03. The van der Waals surface area contributed by atoms with Crippen molar-refractivity contribution in [2.75, 3.05) is 36.1 Å². The molecule has 3 fully saturated rings. The molecule has 11 heteroatoms. The van der Waals surface area contributed by atoms with Gasteiger partial charge >= 0.3 is 6.09 Å². The van der Waals surface area contributed by atoms with Crippen molar-refractivity contribution >= 4 is 34.9 Å². The number of hydrogen-bond donors (Lipinski definition) is 3. The number of ether oxygens (including phenoxy) is 1. The van der Waals surface area contributed by atoms with Gasteiger partial charge in [-0.05, 0) is 43.6 Å². The van der Waals surface area contributed by atoms with E-state index in [9.17, 15) is 9.90 Å². The maximum atomic E-state index is 11.3. The molecule has 1 amide bonds. The molecule has 6 rings (SSSR count). The van der Waals surface area contributed by atoms with Crippen molar-refractivity contribution in [1.29, 1.82) is 5.41 Å². The molecule has 3 aromatic rings. The zero-order valence-electron chi connectivity index (χ0n) is 23.2. The predicted molar refractivity (Wildman–Crippen MR) is 153 cm³/mol. The fraction of sp³-hybridized carbons (Fsp3) is 0.552. The van der Waals surface area contributed by atoms with E-state index < -0.39 is 6.09 Å². The third-order valence-corrected chi connectivity index (χ3v) is 8.76. The monoisotopic (exact) mass is 546 g/mol.